The van der Waals surface area contributed by atoms with Gasteiger partial charge >= 0.3 is 0 Å². The van der Waals surface area contributed by atoms with Crippen LogP contribution in [0, 0.1) is 12.7 Å². The number of thioether (sulfide) groups is 1. The van der Waals surface area contributed by atoms with Gasteiger partial charge in [-0.3, -0.25) is 9.89 Å². The lowest BCUT2D eigenvalue weighted by Gasteiger charge is -2.04. The number of nitrogens with zero attached hydrogens (tertiary/aromatic N) is 1. The number of rotatable bonds is 8. The molecule has 0 aliphatic rings. The van der Waals surface area contributed by atoms with E-state index in [9.17, 15) is 9.18 Å². The van der Waals surface area contributed by atoms with E-state index in [1.165, 1.54) is 12.1 Å². The van der Waals surface area contributed by atoms with Gasteiger partial charge in [-0.25, -0.2) is 4.39 Å². The fourth-order valence-corrected chi connectivity index (χ4v) is 3.30. The molecule has 0 unspecified atom stereocenters. The van der Waals surface area contributed by atoms with E-state index >= 15 is 0 Å². The van der Waals surface area contributed by atoms with Crippen molar-refractivity contribution in [3.63, 3.8) is 0 Å². The first-order chi connectivity index (χ1) is 12.6. The number of furan rings is 1. The van der Waals surface area contributed by atoms with Crippen molar-refractivity contribution in [3.05, 3.63) is 65.3 Å². The highest BCUT2D eigenvalue weighted by molar-refractivity contribution is 7.98. The number of aromatic amines is 1. The van der Waals surface area contributed by atoms with E-state index in [1.54, 1.807) is 30.0 Å². The van der Waals surface area contributed by atoms with E-state index in [-0.39, 0.29) is 11.7 Å². The predicted octanol–water partition coefficient (Wildman–Crippen LogP) is 4.17. The van der Waals surface area contributed by atoms with Crippen molar-refractivity contribution in [1.82, 2.24) is 15.5 Å². The molecule has 0 spiro atoms. The molecule has 1 aromatic carbocycles. The summed E-state index contributed by atoms with van der Waals surface area (Å²) >= 11 is 1.76. The summed E-state index contributed by atoms with van der Waals surface area (Å²) in [4.78, 5) is 12.1. The quantitative estimate of drug-likeness (QED) is 0.582. The number of carbonyl (C=O) groups excluding carboxylic acids is 1. The molecule has 0 radical (unpaired) electrons. The molecule has 2 aromatic heterocycles. The number of amides is 1. The molecule has 0 atom stereocenters. The van der Waals surface area contributed by atoms with Gasteiger partial charge in [-0.05, 0) is 48.9 Å². The maximum absolute atomic E-state index is 12.8. The molecule has 5 nitrogen and oxygen atoms in total. The van der Waals surface area contributed by atoms with E-state index in [1.807, 2.05) is 19.1 Å². The molecule has 2 heterocycles. The second kappa shape index (κ2) is 8.71. The van der Waals surface area contributed by atoms with Crippen LogP contribution in [-0.2, 0) is 5.75 Å². The summed E-state index contributed by atoms with van der Waals surface area (Å²) in [5.74, 6) is 2.78. The molecule has 0 bridgehead atoms. The molecule has 26 heavy (non-hydrogen) atoms. The molecule has 3 rings (SSSR count). The van der Waals surface area contributed by atoms with Gasteiger partial charge in [0.25, 0.3) is 5.91 Å². The van der Waals surface area contributed by atoms with Crippen LogP contribution in [0.15, 0.2) is 46.9 Å². The van der Waals surface area contributed by atoms with Crippen LogP contribution in [0.5, 0.6) is 0 Å². The summed E-state index contributed by atoms with van der Waals surface area (Å²) in [7, 11) is 0. The van der Waals surface area contributed by atoms with Crippen LogP contribution in [0.25, 0.3) is 11.5 Å². The van der Waals surface area contributed by atoms with Crippen molar-refractivity contribution in [1.29, 1.82) is 0 Å². The highest BCUT2D eigenvalue weighted by Crippen LogP contribution is 2.20. The minimum absolute atomic E-state index is 0.209. The molecule has 0 aliphatic carbocycles. The molecule has 136 valence electrons. The number of H-pyrrole nitrogens is 1. The Bertz CT molecular complexity index is 858. The Balaban J connectivity index is 1.36. The molecular weight excluding hydrogens is 353 g/mol. The number of carbonyl (C=O) groups is 1. The minimum Gasteiger partial charge on any atom is -0.460 e. The van der Waals surface area contributed by atoms with Crippen LogP contribution in [0.2, 0.25) is 0 Å². The molecule has 0 saturated carbocycles. The van der Waals surface area contributed by atoms with Crippen LogP contribution in [0.4, 0.5) is 4.39 Å². The standard InChI is InChI=1S/C19H20FN3O2S/c1-13-3-8-18(25-13)16-11-17(23-22-16)19(24)21-9-2-10-26-12-14-4-6-15(20)7-5-14/h3-8,11H,2,9-10,12H2,1H3,(H,21,24)(H,22,23). The summed E-state index contributed by atoms with van der Waals surface area (Å²) < 4.78 is 18.3. The van der Waals surface area contributed by atoms with Gasteiger partial charge in [-0.15, -0.1) is 0 Å². The van der Waals surface area contributed by atoms with E-state index in [4.69, 9.17) is 4.42 Å². The van der Waals surface area contributed by atoms with Crippen LogP contribution >= 0.6 is 11.8 Å². The zero-order chi connectivity index (χ0) is 18.4. The van der Waals surface area contributed by atoms with E-state index in [0.717, 1.165) is 29.3 Å². The molecule has 0 fully saturated rings. The van der Waals surface area contributed by atoms with Crippen LogP contribution in [-0.4, -0.2) is 28.4 Å². The van der Waals surface area contributed by atoms with E-state index in [2.05, 4.69) is 15.5 Å². The molecule has 7 heteroatoms. The molecule has 1 amide bonds. The highest BCUT2D eigenvalue weighted by Gasteiger charge is 2.12. The van der Waals surface area contributed by atoms with Gasteiger partial charge in [0.05, 0.1) is 0 Å². The smallest absolute Gasteiger partial charge is 0.271 e. The summed E-state index contributed by atoms with van der Waals surface area (Å²) in [6.07, 6.45) is 0.853. The molecule has 0 saturated heterocycles. The zero-order valence-corrected chi connectivity index (χ0v) is 15.2. The number of hydrogen-bond acceptors (Lipinski definition) is 4. The number of halogens is 1. The molecule has 3 aromatic rings. The Hall–Kier alpha value is -2.54. The second-order valence-electron chi connectivity index (χ2n) is 5.87. The third-order valence-corrected chi connectivity index (χ3v) is 4.86. The van der Waals surface area contributed by atoms with Gasteiger partial charge < -0.3 is 9.73 Å². The maximum atomic E-state index is 12.8. The average molecular weight is 373 g/mol. The topological polar surface area (TPSA) is 70.9 Å². The van der Waals surface area contributed by atoms with Crippen molar-refractivity contribution in [2.75, 3.05) is 12.3 Å². The number of benzene rings is 1. The average Bonchev–Trinajstić information content (AvgIpc) is 3.28. The maximum Gasteiger partial charge on any atom is 0.271 e. The van der Waals surface area contributed by atoms with E-state index in [0.29, 0.717) is 23.7 Å². The summed E-state index contributed by atoms with van der Waals surface area (Å²) in [5, 5.41) is 9.70. The fraction of sp³-hybridized carbons (Fsp3) is 0.263. The molecule has 2 N–H and O–H groups in total. The van der Waals surface area contributed by atoms with Gasteiger partial charge in [-0.2, -0.15) is 16.9 Å². The Labute approximate surface area is 155 Å². The highest BCUT2D eigenvalue weighted by atomic mass is 32.2. The van der Waals surface area contributed by atoms with Gasteiger partial charge in [0.2, 0.25) is 0 Å². The Morgan fingerprint density at radius 1 is 1.27 bits per heavy atom. The lowest BCUT2D eigenvalue weighted by Crippen LogP contribution is -2.25. The molecular formula is C19H20FN3O2S. The van der Waals surface area contributed by atoms with Gasteiger partial charge in [0, 0.05) is 18.4 Å². The lowest BCUT2D eigenvalue weighted by molar-refractivity contribution is 0.0949. The van der Waals surface area contributed by atoms with Crippen molar-refractivity contribution in [3.8, 4) is 11.5 Å². The minimum atomic E-state index is -0.217. The fourth-order valence-electron chi connectivity index (χ4n) is 2.38. The van der Waals surface area contributed by atoms with Crippen LogP contribution in [0.3, 0.4) is 0 Å². The molecule has 0 aliphatic heterocycles. The zero-order valence-electron chi connectivity index (χ0n) is 14.4. The first kappa shape index (κ1) is 18.3. The predicted molar refractivity (Wildman–Crippen MR) is 101 cm³/mol. The van der Waals surface area contributed by atoms with Crippen molar-refractivity contribution < 1.29 is 13.6 Å². The van der Waals surface area contributed by atoms with Crippen LogP contribution in [0.1, 0.15) is 28.2 Å². The third kappa shape index (κ3) is 4.98. The van der Waals surface area contributed by atoms with Gasteiger partial charge in [0.15, 0.2) is 11.5 Å². The van der Waals surface area contributed by atoms with Gasteiger partial charge in [-0.1, -0.05) is 12.1 Å². The van der Waals surface area contributed by atoms with E-state index < -0.39 is 0 Å². The largest absolute Gasteiger partial charge is 0.460 e. The Kier molecular flexibility index (Phi) is 6.12. The lowest BCUT2D eigenvalue weighted by atomic mass is 10.2. The number of hydrogen-bond donors (Lipinski definition) is 2. The monoisotopic (exact) mass is 373 g/mol. The summed E-state index contributed by atoms with van der Waals surface area (Å²) in [6.45, 7) is 2.44. The van der Waals surface area contributed by atoms with Gasteiger partial charge in [0.1, 0.15) is 17.3 Å². The Morgan fingerprint density at radius 3 is 2.81 bits per heavy atom. The normalized spacial score (nSPS) is 10.8. The third-order valence-electron chi connectivity index (χ3n) is 3.75. The summed E-state index contributed by atoms with van der Waals surface area (Å²) in [6, 6.07) is 11.9. The van der Waals surface area contributed by atoms with Crippen molar-refractivity contribution in [2.24, 2.45) is 0 Å². The number of nitrogens with one attached hydrogen (secondary N) is 2. The first-order valence-electron chi connectivity index (χ1n) is 8.34. The summed E-state index contributed by atoms with van der Waals surface area (Å²) in [5.41, 5.74) is 2.11. The first-order valence-corrected chi connectivity index (χ1v) is 9.50. The Morgan fingerprint density at radius 2 is 2.08 bits per heavy atom. The van der Waals surface area contributed by atoms with Crippen LogP contribution < -0.4 is 5.32 Å². The second-order valence-corrected chi connectivity index (χ2v) is 6.97. The SMILES string of the molecule is Cc1ccc(-c2cc(C(=O)NCCCSCc3ccc(F)cc3)n[nH]2)o1. The number of aryl methyl sites for hydroxylation is 1. The number of aromatic nitrogens is 2. The van der Waals surface area contributed by atoms with Crippen molar-refractivity contribution >= 4 is 17.7 Å². The van der Waals surface area contributed by atoms with Crippen molar-refractivity contribution in [2.45, 2.75) is 19.1 Å².